The number of hydrogen-bond donors (Lipinski definition) is 1. The van der Waals surface area contributed by atoms with Crippen LogP contribution >= 0.6 is 0 Å². The Balaban J connectivity index is 1.84. The van der Waals surface area contributed by atoms with Crippen LogP contribution in [0.2, 0.25) is 0 Å². The molecule has 110 valence electrons. The van der Waals surface area contributed by atoms with Gasteiger partial charge in [0.05, 0.1) is 5.56 Å². The standard InChI is InChI=1S/C15H17F4N/c16-12-6-5-8(7-11(12)15(17,18)19)14(20)13-9-3-1-2-4-10(9)13/h5-7,9-10,13-14H,1-4,20H2. The summed E-state index contributed by atoms with van der Waals surface area (Å²) in [4.78, 5) is 0. The van der Waals surface area contributed by atoms with E-state index < -0.39 is 23.6 Å². The van der Waals surface area contributed by atoms with Gasteiger partial charge in [-0.15, -0.1) is 0 Å². The van der Waals surface area contributed by atoms with Crippen molar-refractivity contribution < 1.29 is 17.6 Å². The number of hydrogen-bond acceptors (Lipinski definition) is 1. The number of alkyl halides is 3. The minimum absolute atomic E-state index is 0.268. The third-order valence-corrected chi connectivity index (χ3v) is 4.82. The van der Waals surface area contributed by atoms with Crippen molar-refractivity contribution in [3.8, 4) is 0 Å². The van der Waals surface area contributed by atoms with E-state index in [9.17, 15) is 17.6 Å². The highest BCUT2D eigenvalue weighted by Gasteiger charge is 2.53. The van der Waals surface area contributed by atoms with Gasteiger partial charge in [-0.1, -0.05) is 18.9 Å². The molecule has 0 radical (unpaired) electrons. The van der Waals surface area contributed by atoms with Gasteiger partial charge in [-0.3, -0.25) is 0 Å². The summed E-state index contributed by atoms with van der Waals surface area (Å²) in [6, 6.07) is 2.73. The molecule has 1 aromatic carbocycles. The lowest BCUT2D eigenvalue weighted by Gasteiger charge is -2.15. The van der Waals surface area contributed by atoms with Gasteiger partial charge in [0.25, 0.3) is 0 Å². The molecule has 5 heteroatoms. The Kier molecular flexibility index (Phi) is 3.27. The van der Waals surface area contributed by atoms with Crippen LogP contribution in [0, 0.1) is 23.6 Å². The molecule has 2 fully saturated rings. The van der Waals surface area contributed by atoms with Crippen molar-refractivity contribution in [2.75, 3.05) is 0 Å². The van der Waals surface area contributed by atoms with Crippen LogP contribution in [0.1, 0.15) is 42.9 Å². The third kappa shape index (κ3) is 2.32. The van der Waals surface area contributed by atoms with E-state index in [1.165, 1.54) is 18.9 Å². The predicted molar refractivity (Wildman–Crippen MR) is 67.3 cm³/mol. The highest BCUT2D eigenvalue weighted by Crippen LogP contribution is 2.59. The van der Waals surface area contributed by atoms with Crippen LogP contribution in [-0.2, 0) is 6.18 Å². The normalized spacial score (nSPS) is 30.8. The fourth-order valence-electron chi connectivity index (χ4n) is 3.77. The molecule has 2 aliphatic carbocycles. The quantitative estimate of drug-likeness (QED) is 0.807. The molecule has 20 heavy (non-hydrogen) atoms. The molecule has 0 aromatic heterocycles. The first kappa shape index (κ1) is 13.9. The Morgan fingerprint density at radius 1 is 1.10 bits per heavy atom. The molecule has 0 amide bonds. The fraction of sp³-hybridized carbons (Fsp3) is 0.600. The molecule has 2 saturated carbocycles. The van der Waals surface area contributed by atoms with Gasteiger partial charge in [0, 0.05) is 6.04 Å². The smallest absolute Gasteiger partial charge is 0.324 e. The van der Waals surface area contributed by atoms with Crippen molar-refractivity contribution in [1.82, 2.24) is 0 Å². The molecule has 3 unspecified atom stereocenters. The summed E-state index contributed by atoms with van der Waals surface area (Å²) in [6.07, 6.45) is -0.0634. The largest absolute Gasteiger partial charge is 0.419 e. The average molecular weight is 287 g/mol. The lowest BCUT2D eigenvalue weighted by atomic mass is 9.98. The number of rotatable bonds is 2. The first-order valence-electron chi connectivity index (χ1n) is 7.02. The fourth-order valence-corrected chi connectivity index (χ4v) is 3.77. The molecule has 3 atom stereocenters. The topological polar surface area (TPSA) is 26.0 Å². The van der Waals surface area contributed by atoms with Crippen LogP contribution in [0.3, 0.4) is 0 Å². The summed E-state index contributed by atoms with van der Waals surface area (Å²) in [5, 5.41) is 0. The first-order valence-corrected chi connectivity index (χ1v) is 7.02. The van der Waals surface area contributed by atoms with Crippen molar-refractivity contribution in [3.63, 3.8) is 0 Å². The van der Waals surface area contributed by atoms with E-state index in [0.717, 1.165) is 25.0 Å². The summed E-state index contributed by atoms with van der Waals surface area (Å²) in [6.45, 7) is 0. The summed E-state index contributed by atoms with van der Waals surface area (Å²) in [5.41, 5.74) is 5.32. The van der Waals surface area contributed by atoms with Crippen LogP contribution in [0.5, 0.6) is 0 Å². The van der Waals surface area contributed by atoms with Gasteiger partial charge in [-0.2, -0.15) is 13.2 Å². The first-order chi connectivity index (χ1) is 9.39. The van der Waals surface area contributed by atoms with E-state index in [-0.39, 0.29) is 5.92 Å². The van der Waals surface area contributed by atoms with Gasteiger partial charge in [0.2, 0.25) is 0 Å². The lowest BCUT2D eigenvalue weighted by Crippen LogP contribution is -2.17. The molecular formula is C15H17F4N. The van der Waals surface area contributed by atoms with Gasteiger partial charge in [0.15, 0.2) is 0 Å². The molecule has 2 N–H and O–H groups in total. The SMILES string of the molecule is NC(c1ccc(F)c(C(F)(F)F)c1)C1C2CCCCC21. The maximum atomic E-state index is 13.3. The zero-order chi connectivity index (χ0) is 14.5. The highest BCUT2D eigenvalue weighted by atomic mass is 19.4. The number of fused-ring (bicyclic) bond motifs is 1. The van der Waals surface area contributed by atoms with Gasteiger partial charge in [-0.25, -0.2) is 4.39 Å². The molecular weight excluding hydrogens is 270 g/mol. The van der Waals surface area contributed by atoms with Crippen molar-refractivity contribution in [3.05, 3.63) is 35.1 Å². The molecule has 2 aliphatic rings. The molecule has 0 bridgehead atoms. The van der Waals surface area contributed by atoms with Crippen molar-refractivity contribution in [2.24, 2.45) is 23.5 Å². The van der Waals surface area contributed by atoms with E-state index in [1.54, 1.807) is 0 Å². The molecule has 0 spiro atoms. The van der Waals surface area contributed by atoms with Crippen molar-refractivity contribution in [2.45, 2.75) is 37.9 Å². The summed E-state index contributed by atoms with van der Waals surface area (Å²) < 4.78 is 51.5. The van der Waals surface area contributed by atoms with E-state index in [1.807, 2.05) is 0 Å². The van der Waals surface area contributed by atoms with Crippen LogP contribution in [0.15, 0.2) is 18.2 Å². The molecule has 0 aliphatic heterocycles. The summed E-state index contributed by atoms with van der Waals surface area (Å²) in [7, 11) is 0. The van der Waals surface area contributed by atoms with Crippen molar-refractivity contribution in [1.29, 1.82) is 0 Å². The van der Waals surface area contributed by atoms with Crippen LogP contribution in [0.25, 0.3) is 0 Å². The Bertz CT molecular complexity index is 499. The average Bonchev–Trinajstić information content (AvgIpc) is 3.11. The second-order valence-electron chi connectivity index (χ2n) is 5.95. The molecule has 0 heterocycles. The Hall–Kier alpha value is -1.10. The molecule has 1 nitrogen and oxygen atoms in total. The van der Waals surface area contributed by atoms with Gasteiger partial charge in [-0.05, 0) is 48.3 Å². The Morgan fingerprint density at radius 2 is 1.70 bits per heavy atom. The highest BCUT2D eigenvalue weighted by molar-refractivity contribution is 5.31. The van der Waals surface area contributed by atoms with E-state index in [4.69, 9.17) is 5.73 Å². The second kappa shape index (κ2) is 4.72. The van der Waals surface area contributed by atoms with Crippen LogP contribution in [-0.4, -0.2) is 0 Å². The Morgan fingerprint density at radius 3 is 2.25 bits per heavy atom. The maximum Gasteiger partial charge on any atom is 0.419 e. The summed E-state index contributed by atoms with van der Waals surface area (Å²) in [5.74, 6) is 0.141. The van der Waals surface area contributed by atoms with Gasteiger partial charge < -0.3 is 5.73 Å². The van der Waals surface area contributed by atoms with Crippen molar-refractivity contribution >= 4 is 0 Å². The monoisotopic (exact) mass is 287 g/mol. The number of halogens is 4. The number of nitrogens with two attached hydrogens (primary N) is 1. The maximum absolute atomic E-state index is 13.3. The minimum Gasteiger partial charge on any atom is -0.324 e. The van der Waals surface area contributed by atoms with E-state index in [2.05, 4.69) is 0 Å². The van der Waals surface area contributed by atoms with Gasteiger partial charge >= 0.3 is 6.18 Å². The van der Waals surface area contributed by atoms with Gasteiger partial charge in [0.1, 0.15) is 5.82 Å². The zero-order valence-electron chi connectivity index (χ0n) is 11.0. The minimum atomic E-state index is -4.67. The number of benzene rings is 1. The third-order valence-electron chi connectivity index (χ3n) is 4.82. The predicted octanol–water partition coefficient (Wildman–Crippen LogP) is 4.28. The van der Waals surface area contributed by atoms with E-state index in [0.29, 0.717) is 17.4 Å². The Labute approximate surface area is 115 Å². The zero-order valence-corrected chi connectivity index (χ0v) is 11.0. The van der Waals surface area contributed by atoms with Crippen LogP contribution < -0.4 is 5.73 Å². The van der Waals surface area contributed by atoms with E-state index >= 15 is 0 Å². The lowest BCUT2D eigenvalue weighted by molar-refractivity contribution is -0.140. The molecule has 1 aromatic rings. The second-order valence-corrected chi connectivity index (χ2v) is 5.95. The molecule has 3 rings (SSSR count). The summed E-state index contributed by atoms with van der Waals surface area (Å²) >= 11 is 0. The van der Waals surface area contributed by atoms with Crippen LogP contribution in [0.4, 0.5) is 17.6 Å². The molecule has 0 saturated heterocycles.